The molecule has 3 aromatic rings. The van der Waals surface area contributed by atoms with Crippen LogP contribution in [0, 0.1) is 0 Å². The van der Waals surface area contributed by atoms with E-state index in [-0.39, 0.29) is 18.0 Å². The van der Waals surface area contributed by atoms with E-state index in [1.807, 2.05) is 24.3 Å². The standard InChI is InChI=1S/C20H19N3O4/c1-22(11-14-6-7-17-18(10-14)27-9-8-26-17)19(24)12-23-13-21-16-5-3-2-4-15(16)20(23)25/h2-7,10,13H,8-9,11-12H2,1H3. The number of carbonyl (C=O) groups is 1. The van der Waals surface area contributed by atoms with Crippen molar-refractivity contribution >= 4 is 16.8 Å². The van der Waals surface area contributed by atoms with Crippen LogP contribution in [0.2, 0.25) is 0 Å². The fraction of sp³-hybridized carbons (Fsp3) is 0.250. The third-order valence-corrected chi connectivity index (χ3v) is 4.49. The van der Waals surface area contributed by atoms with Crippen LogP contribution in [0.3, 0.4) is 0 Å². The van der Waals surface area contributed by atoms with Crippen molar-refractivity contribution in [1.82, 2.24) is 14.5 Å². The molecule has 138 valence electrons. The molecule has 7 nitrogen and oxygen atoms in total. The summed E-state index contributed by atoms with van der Waals surface area (Å²) in [5.41, 5.74) is 1.33. The van der Waals surface area contributed by atoms with E-state index in [2.05, 4.69) is 4.98 Å². The molecule has 0 aliphatic carbocycles. The lowest BCUT2D eigenvalue weighted by Crippen LogP contribution is -2.33. The highest BCUT2D eigenvalue weighted by molar-refractivity contribution is 5.78. The zero-order valence-corrected chi connectivity index (χ0v) is 14.9. The molecule has 2 aromatic carbocycles. The Hall–Kier alpha value is -3.35. The van der Waals surface area contributed by atoms with Gasteiger partial charge in [0.1, 0.15) is 19.8 Å². The molecule has 0 fully saturated rings. The van der Waals surface area contributed by atoms with Gasteiger partial charge >= 0.3 is 0 Å². The molecule has 0 saturated heterocycles. The van der Waals surface area contributed by atoms with E-state index in [4.69, 9.17) is 9.47 Å². The average Bonchev–Trinajstić information content (AvgIpc) is 2.70. The quantitative estimate of drug-likeness (QED) is 0.705. The summed E-state index contributed by atoms with van der Waals surface area (Å²) in [6, 6.07) is 12.7. The van der Waals surface area contributed by atoms with Gasteiger partial charge < -0.3 is 14.4 Å². The van der Waals surface area contributed by atoms with Gasteiger partial charge in [-0.15, -0.1) is 0 Å². The van der Waals surface area contributed by atoms with Gasteiger partial charge in [0, 0.05) is 13.6 Å². The number of aromatic nitrogens is 2. The molecule has 0 atom stereocenters. The average molecular weight is 365 g/mol. The minimum absolute atomic E-state index is 0.0578. The molecule has 0 bridgehead atoms. The molecule has 0 saturated carbocycles. The van der Waals surface area contributed by atoms with Crippen molar-refractivity contribution in [3.8, 4) is 11.5 Å². The number of para-hydroxylation sites is 1. The van der Waals surface area contributed by atoms with Crippen LogP contribution in [-0.2, 0) is 17.9 Å². The Kier molecular flexibility index (Phi) is 4.50. The molecular weight excluding hydrogens is 346 g/mol. The summed E-state index contributed by atoms with van der Waals surface area (Å²) in [4.78, 5) is 30.9. The number of rotatable bonds is 4. The summed E-state index contributed by atoms with van der Waals surface area (Å²) in [7, 11) is 1.71. The first-order chi connectivity index (χ1) is 13.1. The minimum atomic E-state index is -0.221. The molecule has 4 rings (SSSR count). The molecule has 2 heterocycles. The number of likely N-dealkylation sites (N-methyl/N-ethyl adjacent to an activating group) is 1. The summed E-state index contributed by atoms with van der Waals surface area (Å²) in [5, 5.41) is 0.502. The molecule has 0 radical (unpaired) electrons. The zero-order chi connectivity index (χ0) is 18.8. The fourth-order valence-corrected chi connectivity index (χ4v) is 3.03. The van der Waals surface area contributed by atoms with Crippen molar-refractivity contribution < 1.29 is 14.3 Å². The van der Waals surface area contributed by atoms with Crippen molar-refractivity contribution in [3.63, 3.8) is 0 Å². The van der Waals surface area contributed by atoms with E-state index in [1.165, 1.54) is 10.9 Å². The smallest absolute Gasteiger partial charge is 0.261 e. The molecule has 1 amide bonds. The third kappa shape index (κ3) is 3.48. The number of carbonyl (C=O) groups excluding carboxylic acids is 1. The molecule has 1 aromatic heterocycles. The molecule has 0 unspecified atom stereocenters. The number of fused-ring (bicyclic) bond motifs is 2. The number of nitrogens with zero attached hydrogens (tertiary/aromatic N) is 3. The molecule has 1 aliphatic heterocycles. The van der Waals surface area contributed by atoms with Crippen LogP contribution in [0.4, 0.5) is 0 Å². The zero-order valence-electron chi connectivity index (χ0n) is 14.9. The Labute approximate surface area is 155 Å². The van der Waals surface area contributed by atoms with Gasteiger partial charge in [0.2, 0.25) is 5.91 Å². The summed E-state index contributed by atoms with van der Waals surface area (Å²) in [6.45, 7) is 1.41. The highest BCUT2D eigenvalue weighted by atomic mass is 16.6. The number of ether oxygens (including phenoxy) is 2. The van der Waals surface area contributed by atoms with E-state index in [9.17, 15) is 9.59 Å². The molecule has 1 aliphatic rings. The lowest BCUT2D eigenvalue weighted by Gasteiger charge is -2.21. The summed E-state index contributed by atoms with van der Waals surface area (Å²) in [6.07, 6.45) is 1.42. The van der Waals surface area contributed by atoms with Gasteiger partial charge in [-0.05, 0) is 29.8 Å². The molecule has 0 N–H and O–H groups in total. The molecule has 27 heavy (non-hydrogen) atoms. The Morgan fingerprint density at radius 1 is 1.15 bits per heavy atom. The minimum Gasteiger partial charge on any atom is -0.486 e. The van der Waals surface area contributed by atoms with Gasteiger partial charge in [-0.3, -0.25) is 14.2 Å². The highest BCUT2D eigenvalue weighted by Gasteiger charge is 2.15. The molecule has 0 spiro atoms. The Bertz CT molecular complexity index is 1060. The van der Waals surface area contributed by atoms with Gasteiger partial charge in [0.05, 0.1) is 17.2 Å². The van der Waals surface area contributed by atoms with Crippen LogP contribution in [0.25, 0.3) is 10.9 Å². The van der Waals surface area contributed by atoms with Crippen LogP contribution in [0.1, 0.15) is 5.56 Å². The molecule has 7 heteroatoms. The van der Waals surface area contributed by atoms with Gasteiger partial charge in [-0.1, -0.05) is 18.2 Å². The second-order valence-corrected chi connectivity index (χ2v) is 6.42. The van der Waals surface area contributed by atoms with Crippen molar-refractivity contribution in [2.75, 3.05) is 20.3 Å². The second-order valence-electron chi connectivity index (χ2n) is 6.42. The second kappa shape index (κ2) is 7.11. The van der Waals surface area contributed by atoms with Crippen LogP contribution in [0.5, 0.6) is 11.5 Å². The lowest BCUT2D eigenvalue weighted by molar-refractivity contribution is -0.131. The van der Waals surface area contributed by atoms with Gasteiger partial charge in [0.25, 0.3) is 5.56 Å². The Balaban J connectivity index is 1.48. The van der Waals surface area contributed by atoms with E-state index in [0.717, 1.165) is 5.56 Å². The largest absolute Gasteiger partial charge is 0.486 e. The van der Waals surface area contributed by atoms with E-state index in [0.29, 0.717) is 42.2 Å². The molecular formula is C20H19N3O4. The third-order valence-electron chi connectivity index (χ3n) is 4.49. The van der Waals surface area contributed by atoms with Gasteiger partial charge in [-0.2, -0.15) is 0 Å². The van der Waals surface area contributed by atoms with Crippen LogP contribution >= 0.6 is 0 Å². The van der Waals surface area contributed by atoms with Gasteiger partial charge in [0.15, 0.2) is 11.5 Å². The van der Waals surface area contributed by atoms with Crippen LogP contribution < -0.4 is 15.0 Å². The number of hydrogen-bond donors (Lipinski definition) is 0. The summed E-state index contributed by atoms with van der Waals surface area (Å²) < 4.78 is 12.4. The number of benzene rings is 2. The maximum atomic E-state index is 12.6. The van der Waals surface area contributed by atoms with Crippen molar-refractivity contribution in [1.29, 1.82) is 0 Å². The van der Waals surface area contributed by atoms with Crippen LogP contribution in [0.15, 0.2) is 53.6 Å². The fourth-order valence-electron chi connectivity index (χ4n) is 3.03. The van der Waals surface area contributed by atoms with E-state index < -0.39 is 0 Å². The summed E-state index contributed by atoms with van der Waals surface area (Å²) in [5.74, 6) is 1.23. The number of hydrogen-bond acceptors (Lipinski definition) is 5. The van der Waals surface area contributed by atoms with Crippen molar-refractivity contribution in [2.24, 2.45) is 0 Å². The maximum Gasteiger partial charge on any atom is 0.261 e. The highest BCUT2D eigenvalue weighted by Crippen LogP contribution is 2.31. The Morgan fingerprint density at radius 2 is 1.93 bits per heavy atom. The van der Waals surface area contributed by atoms with Crippen molar-refractivity contribution in [3.05, 3.63) is 64.7 Å². The lowest BCUT2D eigenvalue weighted by atomic mass is 10.2. The monoisotopic (exact) mass is 365 g/mol. The van der Waals surface area contributed by atoms with Crippen molar-refractivity contribution in [2.45, 2.75) is 13.1 Å². The summed E-state index contributed by atoms with van der Waals surface area (Å²) >= 11 is 0. The SMILES string of the molecule is CN(Cc1ccc2c(c1)OCCO2)C(=O)Cn1cnc2ccccc2c1=O. The first-order valence-electron chi connectivity index (χ1n) is 8.68. The maximum absolute atomic E-state index is 12.6. The van der Waals surface area contributed by atoms with E-state index >= 15 is 0 Å². The predicted molar refractivity (Wildman–Crippen MR) is 99.9 cm³/mol. The van der Waals surface area contributed by atoms with Crippen LogP contribution in [-0.4, -0.2) is 40.6 Å². The predicted octanol–water partition coefficient (Wildman–Crippen LogP) is 1.83. The first-order valence-corrected chi connectivity index (χ1v) is 8.68. The van der Waals surface area contributed by atoms with Gasteiger partial charge in [-0.25, -0.2) is 4.98 Å². The normalized spacial score (nSPS) is 12.8. The first kappa shape index (κ1) is 17.1. The van der Waals surface area contributed by atoms with E-state index in [1.54, 1.807) is 30.1 Å². The number of amides is 1. The topological polar surface area (TPSA) is 73.7 Å². The Morgan fingerprint density at radius 3 is 2.78 bits per heavy atom.